The molecule has 0 aliphatic carbocycles. The van der Waals surface area contributed by atoms with Gasteiger partial charge in [-0.15, -0.1) is 0 Å². The van der Waals surface area contributed by atoms with E-state index in [2.05, 4.69) is 10.1 Å². The maximum Gasteiger partial charge on any atom is 0.307 e. The number of carbonyl (C=O) groups excluding carboxylic acids is 2. The molecule has 13 heavy (non-hydrogen) atoms. The second kappa shape index (κ2) is 3.74. The van der Waals surface area contributed by atoms with Crippen LogP contribution < -0.4 is 5.32 Å². The predicted octanol–water partition coefficient (Wildman–Crippen LogP) is -1.02. The normalized spacial score (nSPS) is 26.6. The zero-order valence-electron chi connectivity index (χ0n) is 8.03. The van der Waals surface area contributed by atoms with Crippen LogP contribution in [0.1, 0.15) is 6.42 Å². The van der Waals surface area contributed by atoms with Crippen molar-refractivity contribution in [2.45, 2.75) is 18.5 Å². The number of nitrogens with one attached hydrogen (secondary N) is 1. The number of amides is 1. The van der Waals surface area contributed by atoms with Gasteiger partial charge in [-0.2, -0.15) is 0 Å². The number of hydrogen-bond acceptors (Lipinski definition) is 4. The fourth-order valence-electron chi connectivity index (χ4n) is 1.45. The van der Waals surface area contributed by atoms with Crippen LogP contribution in [-0.2, 0) is 14.3 Å². The van der Waals surface area contributed by atoms with Crippen LogP contribution in [0.4, 0.5) is 0 Å². The van der Waals surface area contributed by atoms with Gasteiger partial charge >= 0.3 is 5.97 Å². The lowest BCUT2D eigenvalue weighted by molar-refractivity contribution is -0.145. The van der Waals surface area contributed by atoms with Crippen LogP contribution in [0.15, 0.2) is 0 Å². The Hall–Kier alpha value is -1.10. The topological polar surface area (TPSA) is 58.6 Å². The first-order chi connectivity index (χ1) is 6.06. The number of rotatable bonds is 3. The summed E-state index contributed by atoms with van der Waals surface area (Å²) in [7, 11) is 4.97. The predicted molar refractivity (Wildman–Crippen MR) is 46.0 cm³/mol. The molecule has 1 rings (SSSR count). The van der Waals surface area contributed by atoms with E-state index in [4.69, 9.17) is 0 Å². The van der Waals surface area contributed by atoms with E-state index in [9.17, 15) is 9.59 Å². The number of ether oxygens (including phenoxy) is 1. The van der Waals surface area contributed by atoms with Crippen molar-refractivity contribution in [2.24, 2.45) is 0 Å². The molecular formula is C8H14N2O3. The summed E-state index contributed by atoms with van der Waals surface area (Å²) < 4.78 is 4.51. The van der Waals surface area contributed by atoms with Gasteiger partial charge in [-0.25, -0.2) is 0 Å². The number of β-lactam (4-membered cyclic amide) rings is 1. The van der Waals surface area contributed by atoms with Crippen LogP contribution >= 0.6 is 0 Å². The molecule has 5 heteroatoms. The van der Waals surface area contributed by atoms with Crippen molar-refractivity contribution in [3.05, 3.63) is 0 Å². The molecule has 74 valence electrons. The Balaban J connectivity index is 2.45. The highest BCUT2D eigenvalue weighted by Crippen LogP contribution is 2.14. The molecular weight excluding hydrogens is 172 g/mol. The summed E-state index contributed by atoms with van der Waals surface area (Å²) in [6.07, 6.45) is 0.241. The Bertz CT molecular complexity index is 227. The first-order valence-electron chi connectivity index (χ1n) is 4.10. The summed E-state index contributed by atoms with van der Waals surface area (Å²) in [4.78, 5) is 23.7. The highest BCUT2D eigenvalue weighted by Gasteiger charge is 2.41. The highest BCUT2D eigenvalue weighted by atomic mass is 16.5. The minimum Gasteiger partial charge on any atom is -0.469 e. The first-order valence-corrected chi connectivity index (χ1v) is 4.10. The minimum atomic E-state index is -0.295. The molecule has 0 unspecified atom stereocenters. The summed E-state index contributed by atoms with van der Waals surface area (Å²) in [5, 5.41) is 2.66. The maximum atomic E-state index is 11.0. The van der Waals surface area contributed by atoms with Gasteiger partial charge in [-0.1, -0.05) is 0 Å². The van der Waals surface area contributed by atoms with Gasteiger partial charge in [0.25, 0.3) is 0 Å². The second-order valence-electron chi connectivity index (χ2n) is 3.30. The smallest absolute Gasteiger partial charge is 0.307 e. The molecule has 1 fully saturated rings. The standard InChI is InChI=1S/C8H14N2O3/c1-10(2)7-5(9-8(7)12)4-6(11)13-3/h5,7H,4H2,1-3H3,(H,9,12)/t5-,7-/m1/s1. The largest absolute Gasteiger partial charge is 0.469 e. The molecule has 0 bridgehead atoms. The lowest BCUT2D eigenvalue weighted by Gasteiger charge is -2.40. The number of hydrogen-bond donors (Lipinski definition) is 1. The Labute approximate surface area is 77.0 Å². The minimum absolute atomic E-state index is 0.0288. The van der Waals surface area contributed by atoms with E-state index in [1.165, 1.54) is 7.11 Å². The average Bonchev–Trinajstić information content (AvgIpc) is 2.01. The molecule has 0 spiro atoms. The summed E-state index contributed by atoms with van der Waals surface area (Å²) in [5.41, 5.74) is 0. The third-order valence-electron chi connectivity index (χ3n) is 2.15. The summed E-state index contributed by atoms with van der Waals surface area (Å²) >= 11 is 0. The maximum absolute atomic E-state index is 11.0. The Kier molecular flexibility index (Phi) is 2.87. The van der Waals surface area contributed by atoms with Crippen LogP contribution in [0.25, 0.3) is 0 Å². The van der Waals surface area contributed by atoms with Gasteiger partial charge < -0.3 is 10.1 Å². The SMILES string of the molecule is COC(=O)C[C@H]1NC(=O)[C@@H]1N(C)C. The molecule has 0 aromatic heterocycles. The van der Waals surface area contributed by atoms with Crippen LogP contribution in [-0.4, -0.2) is 50.1 Å². The molecule has 5 nitrogen and oxygen atoms in total. The van der Waals surface area contributed by atoms with Gasteiger partial charge in [0, 0.05) is 0 Å². The molecule has 1 aliphatic heterocycles. The van der Waals surface area contributed by atoms with Gasteiger partial charge in [-0.3, -0.25) is 14.5 Å². The number of nitrogens with zero attached hydrogens (tertiary/aromatic N) is 1. The third kappa shape index (κ3) is 1.98. The van der Waals surface area contributed by atoms with E-state index < -0.39 is 0 Å². The summed E-state index contributed by atoms with van der Waals surface area (Å²) in [6, 6.07) is -0.297. The number of esters is 1. The van der Waals surface area contributed by atoms with Crippen molar-refractivity contribution in [1.29, 1.82) is 0 Å². The molecule has 0 aromatic carbocycles. The van der Waals surface area contributed by atoms with E-state index in [0.717, 1.165) is 0 Å². The van der Waals surface area contributed by atoms with Crippen LogP contribution in [0.5, 0.6) is 0 Å². The number of carbonyl (C=O) groups is 2. The van der Waals surface area contributed by atoms with E-state index >= 15 is 0 Å². The van der Waals surface area contributed by atoms with Gasteiger partial charge in [0.15, 0.2) is 0 Å². The van der Waals surface area contributed by atoms with Gasteiger partial charge in [0.2, 0.25) is 5.91 Å². The molecule has 1 amide bonds. The zero-order valence-corrected chi connectivity index (χ0v) is 8.03. The number of likely N-dealkylation sites (N-methyl/N-ethyl adjacent to an activating group) is 1. The summed E-state index contributed by atoms with van der Waals surface area (Å²) in [6.45, 7) is 0. The Morgan fingerprint density at radius 2 is 2.23 bits per heavy atom. The van der Waals surface area contributed by atoms with Crippen molar-refractivity contribution < 1.29 is 14.3 Å². The van der Waals surface area contributed by atoms with Crippen molar-refractivity contribution >= 4 is 11.9 Å². The summed E-state index contributed by atoms with van der Waals surface area (Å²) in [5.74, 6) is -0.323. The third-order valence-corrected chi connectivity index (χ3v) is 2.15. The van der Waals surface area contributed by atoms with E-state index in [1.54, 1.807) is 4.90 Å². The quantitative estimate of drug-likeness (QED) is 0.452. The van der Waals surface area contributed by atoms with Gasteiger partial charge in [0.05, 0.1) is 19.6 Å². The highest BCUT2D eigenvalue weighted by molar-refractivity contribution is 5.90. The average molecular weight is 186 g/mol. The lowest BCUT2D eigenvalue weighted by atomic mass is 9.95. The van der Waals surface area contributed by atoms with Crippen molar-refractivity contribution in [3.63, 3.8) is 0 Å². The monoisotopic (exact) mass is 186 g/mol. The zero-order chi connectivity index (χ0) is 10.0. The molecule has 1 aliphatic rings. The number of methoxy groups -OCH3 is 1. The molecule has 1 heterocycles. The second-order valence-corrected chi connectivity index (χ2v) is 3.30. The van der Waals surface area contributed by atoms with Crippen molar-refractivity contribution in [3.8, 4) is 0 Å². The van der Waals surface area contributed by atoms with Crippen molar-refractivity contribution in [1.82, 2.24) is 10.2 Å². The van der Waals surface area contributed by atoms with Crippen LogP contribution in [0.2, 0.25) is 0 Å². The molecule has 0 aromatic rings. The molecule has 1 saturated heterocycles. The van der Waals surface area contributed by atoms with Crippen LogP contribution in [0, 0.1) is 0 Å². The lowest BCUT2D eigenvalue weighted by Crippen LogP contribution is -2.68. The molecule has 0 radical (unpaired) electrons. The molecule has 1 N–H and O–H groups in total. The van der Waals surface area contributed by atoms with Gasteiger partial charge in [0.1, 0.15) is 6.04 Å². The fourth-order valence-corrected chi connectivity index (χ4v) is 1.45. The molecule has 2 atom stereocenters. The first kappa shape index (κ1) is 9.98. The molecule has 0 saturated carbocycles. The van der Waals surface area contributed by atoms with Crippen molar-refractivity contribution in [2.75, 3.05) is 21.2 Å². The van der Waals surface area contributed by atoms with E-state index in [0.29, 0.717) is 0 Å². The van der Waals surface area contributed by atoms with E-state index in [1.807, 2.05) is 14.1 Å². The van der Waals surface area contributed by atoms with Crippen LogP contribution in [0.3, 0.4) is 0 Å². The Morgan fingerprint density at radius 1 is 1.62 bits per heavy atom. The van der Waals surface area contributed by atoms with E-state index in [-0.39, 0.29) is 30.4 Å². The fraction of sp³-hybridized carbons (Fsp3) is 0.750. The Morgan fingerprint density at radius 3 is 2.62 bits per heavy atom. The van der Waals surface area contributed by atoms with Gasteiger partial charge in [-0.05, 0) is 14.1 Å².